The number of aliphatic hydroxyl groups is 2. The Bertz CT molecular complexity index is 666. The minimum Gasteiger partial charge on any atom is -0.392 e. The van der Waals surface area contributed by atoms with Gasteiger partial charge >= 0.3 is 0 Å². The second kappa shape index (κ2) is 9.68. The molecule has 1 saturated carbocycles. The van der Waals surface area contributed by atoms with Crippen LogP contribution in [0.3, 0.4) is 0 Å². The van der Waals surface area contributed by atoms with Crippen LogP contribution in [0.25, 0.3) is 0 Å². The summed E-state index contributed by atoms with van der Waals surface area (Å²) in [6, 6.07) is 8.28. The molecule has 1 aromatic carbocycles. The zero-order chi connectivity index (χ0) is 19.2. The molecule has 0 aliphatic heterocycles. The van der Waals surface area contributed by atoms with Gasteiger partial charge in [0.15, 0.2) is 0 Å². The van der Waals surface area contributed by atoms with Crippen LogP contribution in [0.2, 0.25) is 0 Å². The predicted octanol–water partition coefficient (Wildman–Crippen LogP) is 3.92. The molecule has 1 fully saturated rings. The van der Waals surface area contributed by atoms with Gasteiger partial charge in [-0.25, -0.2) is 0 Å². The first kappa shape index (κ1) is 20.3. The van der Waals surface area contributed by atoms with E-state index >= 15 is 0 Å². The van der Waals surface area contributed by atoms with E-state index in [2.05, 4.69) is 37.3 Å². The number of allylic oxidation sites excluding steroid dienone is 2. The number of unbranched alkanes of at least 4 members (excludes halogenated alkanes) is 2. The molecule has 3 rings (SSSR count). The molecular formula is C24H35NO2. The minimum atomic E-state index is -0.497. The molecule has 0 aromatic heterocycles. The average Bonchev–Trinajstić information content (AvgIpc) is 3.13. The van der Waals surface area contributed by atoms with Crippen molar-refractivity contribution < 1.29 is 10.2 Å². The van der Waals surface area contributed by atoms with Gasteiger partial charge in [0.25, 0.3) is 0 Å². The Morgan fingerprint density at radius 2 is 2.11 bits per heavy atom. The van der Waals surface area contributed by atoms with E-state index in [-0.39, 0.29) is 12.0 Å². The Labute approximate surface area is 164 Å². The Kier molecular flexibility index (Phi) is 7.28. The molecule has 148 valence electrons. The Morgan fingerprint density at radius 1 is 1.26 bits per heavy atom. The maximum atomic E-state index is 10.5. The van der Waals surface area contributed by atoms with Crippen LogP contribution in [0, 0.1) is 24.7 Å². The number of rotatable bonds is 9. The maximum absolute atomic E-state index is 10.5. The smallest absolute Gasteiger partial charge is 0.0761 e. The molecule has 0 saturated heterocycles. The van der Waals surface area contributed by atoms with Crippen LogP contribution in [0.1, 0.15) is 49.7 Å². The first-order chi connectivity index (χ1) is 13.1. The highest BCUT2D eigenvalue weighted by Gasteiger charge is 2.43. The van der Waals surface area contributed by atoms with Crippen molar-refractivity contribution in [1.29, 1.82) is 0 Å². The third-order valence-electron chi connectivity index (χ3n) is 6.23. The highest BCUT2D eigenvalue weighted by atomic mass is 16.3. The summed E-state index contributed by atoms with van der Waals surface area (Å²) in [6.45, 7) is 2.86. The Morgan fingerprint density at radius 3 is 2.89 bits per heavy atom. The van der Waals surface area contributed by atoms with Gasteiger partial charge in [-0.3, -0.25) is 0 Å². The summed E-state index contributed by atoms with van der Waals surface area (Å²) < 4.78 is 0. The fourth-order valence-corrected chi connectivity index (χ4v) is 4.87. The lowest BCUT2D eigenvalue weighted by atomic mass is 9.88. The fraction of sp³-hybridized carbons (Fsp3) is 0.583. The van der Waals surface area contributed by atoms with Gasteiger partial charge in [-0.15, -0.1) is 0 Å². The number of aryl methyl sites for hydroxylation is 1. The number of nitrogens with two attached hydrogens (primary N) is 1. The van der Waals surface area contributed by atoms with Gasteiger partial charge in [-0.1, -0.05) is 60.1 Å². The van der Waals surface area contributed by atoms with E-state index in [9.17, 15) is 10.2 Å². The van der Waals surface area contributed by atoms with Crippen LogP contribution in [-0.4, -0.2) is 29.0 Å². The third kappa shape index (κ3) is 5.54. The summed E-state index contributed by atoms with van der Waals surface area (Å²) in [7, 11) is 0. The monoisotopic (exact) mass is 369 g/mol. The van der Waals surface area contributed by atoms with E-state index in [1.165, 1.54) is 24.8 Å². The number of hydrogen-bond acceptors (Lipinski definition) is 3. The first-order valence-corrected chi connectivity index (χ1v) is 10.6. The predicted molar refractivity (Wildman–Crippen MR) is 111 cm³/mol. The van der Waals surface area contributed by atoms with E-state index in [1.54, 1.807) is 5.57 Å². The maximum Gasteiger partial charge on any atom is 0.0761 e. The van der Waals surface area contributed by atoms with E-state index in [1.807, 2.05) is 12.1 Å². The van der Waals surface area contributed by atoms with Crippen LogP contribution >= 0.6 is 0 Å². The zero-order valence-corrected chi connectivity index (χ0v) is 16.6. The summed E-state index contributed by atoms with van der Waals surface area (Å²) in [5.74, 6) is 1.18. The van der Waals surface area contributed by atoms with Gasteiger partial charge < -0.3 is 15.9 Å². The number of aliphatic hydroxyl groups excluding tert-OH is 2. The SMILES string of the molecule is Cc1cccc(C[C@@H](O)/C=C/[C@@H]2[C@H]3CC(CCCCCN)=C[C@H]3C[C@H]2O)c1. The fourth-order valence-electron chi connectivity index (χ4n) is 4.87. The lowest BCUT2D eigenvalue weighted by molar-refractivity contribution is 0.140. The summed E-state index contributed by atoms with van der Waals surface area (Å²) in [6.07, 6.45) is 12.9. The number of hydrogen-bond donors (Lipinski definition) is 3. The molecule has 0 spiro atoms. The molecule has 0 amide bonds. The molecule has 0 bridgehead atoms. The summed E-state index contributed by atoms with van der Waals surface area (Å²) >= 11 is 0. The van der Waals surface area contributed by atoms with E-state index in [4.69, 9.17) is 5.73 Å². The number of fused-ring (bicyclic) bond motifs is 1. The molecule has 2 aliphatic carbocycles. The first-order valence-electron chi connectivity index (χ1n) is 10.6. The summed E-state index contributed by atoms with van der Waals surface area (Å²) in [4.78, 5) is 0. The summed E-state index contributed by atoms with van der Waals surface area (Å²) in [5.41, 5.74) is 9.51. The molecule has 1 aromatic rings. The van der Waals surface area contributed by atoms with Crippen molar-refractivity contribution in [3.05, 3.63) is 59.2 Å². The van der Waals surface area contributed by atoms with Crippen LogP contribution in [0.5, 0.6) is 0 Å². The standard InChI is InChI=1S/C24H35NO2/c1-17-6-5-8-18(12-17)14-21(26)9-10-22-23-15-19(7-3-2-4-11-25)13-20(23)16-24(22)27/h5-6,8-10,12-13,20-24,26-27H,2-4,7,11,14-16,25H2,1H3/b10-9+/t20-,21-,22+,23-,24+/m0/s1. The van der Waals surface area contributed by atoms with Gasteiger partial charge in [-0.2, -0.15) is 0 Å². The highest BCUT2D eigenvalue weighted by Crippen LogP contribution is 2.48. The molecular weight excluding hydrogens is 334 g/mol. The van der Waals surface area contributed by atoms with Crippen LogP contribution in [0.4, 0.5) is 0 Å². The highest BCUT2D eigenvalue weighted by molar-refractivity contribution is 5.24. The lowest BCUT2D eigenvalue weighted by Gasteiger charge is -2.19. The van der Waals surface area contributed by atoms with E-state index in [0.717, 1.165) is 31.4 Å². The molecule has 3 nitrogen and oxygen atoms in total. The molecule has 4 N–H and O–H groups in total. The Balaban J connectivity index is 1.52. The van der Waals surface area contributed by atoms with Crippen LogP contribution < -0.4 is 5.73 Å². The minimum absolute atomic E-state index is 0.167. The molecule has 0 radical (unpaired) electrons. The van der Waals surface area contributed by atoms with Gasteiger partial charge in [-0.05, 0) is 63.0 Å². The van der Waals surface area contributed by atoms with Crippen molar-refractivity contribution in [3.63, 3.8) is 0 Å². The average molecular weight is 370 g/mol. The normalized spacial score (nSPS) is 28.5. The topological polar surface area (TPSA) is 66.5 Å². The van der Waals surface area contributed by atoms with Crippen LogP contribution in [-0.2, 0) is 6.42 Å². The quantitative estimate of drug-likeness (QED) is 0.457. The summed E-state index contributed by atoms with van der Waals surface area (Å²) in [5, 5.41) is 20.9. The van der Waals surface area contributed by atoms with Crippen molar-refractivity contribution in [2.24, 2.45) is 23.5 Å². The van der Waals surface area contributed by atoms with Gasteiger partial charge in [0.2, 0.25) is 0 Å². The molecule has 5 atom stereocenters. The van der Waals surface area contributed by atoms with Crippen molar-refractivity contribution >= 4 is 0 Å². The molecule has 0 unspecified atom stereocenters. The second-order valence-corrected chi connectivity index (χ2v) is 8.48. The molecule has 0 heterocycles. The molecule has 2 aliphatic rings. The third-order valence-corrected chi connectivity index (χ3v) is 6.23. The van der Waals surface area contributed by atoms with Crippen molar-refractivity contribution in [2.75, 3.05) is 6.54 Å². The molecule has 3 heteroatoms. The Hall–Kier alpha value is -1.42. The van der Waals surface area contributed by atoms with Crippen LogP contribution in [0.15, 0.2) is 48.1 Å². The van der Waals surface area contributed by atoms with Gasteiger partial charge in [0, 0.05) is 12.3 Å². The lowest BCUT2D eigenvalue weighted by Crippen LogP contribution is -2.18. The van der Waals surface area contributed by atoms with Gasteiger partial charge in [0.1, 0.15) is 0 Å². The van der Waals surface area contributed by atoms with E-state index in [0.29, 0.717) is 18.3 Å². The van der Waals surface area contributed by atoms with Crippen molar-refractivity contribution in [1.82, 2.24) is 0 Å². The van der Waals surface area contributed by atoms with Crippen molar-refractivity contribution in [2.45, 2.75) is 64.1 Å². The largest absolute Gasteiger partial charge is 0.392 e. The molecule has 27 heavy (non-hydrogen) atoms. The number of benzene rings is 1. The van der Waals surface area contributed by atoms with E-state index < -0.39 is 6.10 Å². The second-order valence-electron chi connectivity index (χ2n) is 8.48. The zero-order valence-electron chi connectivity index (χ0n) is 16.6. The van der Waals surface area contributed by atoms with Crippen molar-refractivity contribution in [3.8, 4) is 0 Å². The van der Waals surface area contributed by atoms with Gasteiger partial charge in [0.05, 0.1) is 12.2 Å².